The van der Waals surface area contributed by atoms with Crippen LogP contribution in [0.25, 0.3) is 0 Å². The lowest BCUT2D eigenvalue weighted by molar-refractivity contribution is -0.150. The highest BCUT2D eigenvalue weighted by Crippen LogP contribution is 2.33. The molecule has 5 amide bonds. The van der Waals surface area contributed by atoms with Gasteiger partial charge in [0.25, 0.3) is 0 Å². The Kier molecular flexibility index (Phi) is 28.0. The lowest BCUT2D eigenvalue weighted by Crippen LogP contribution is -2.54. The Balaban J connectivity index is 0.0000178. The molecule has 0 aromatic heterocycles. The summed E-state index contributed by atoms with van der Waals surface area (Å²) in [4.78, 5) is 115. The highest BCUT2D eigenvalue weighted by Gasteiger charge is 2.44. The Labute approximate surface area is 436 Å². The van der Waals surface area contributed by atoms with Gasteiger partial charge in [-0.05, 0) is 67.6 Å². The molecule has 1 N–H and O–H groups in total. The average molecular weight is 1030 g/mol. The van der Waals surface area contributed by atoms with E-state index in [0.29, 0.717) is 51.6 Å². The number of nitrogens with zero attached hydrogens (tertiary/aromatic N) is 4. The van der Waals surface area contributed by atoms with Crippen LogP contribution in [0, 0.1) is 35.5 Å². The molecule has 3 rings (SSSR count). The molecule has 1 aromatic carbocycles. The first kappa shape index (κ1) is 64.0. The lowest BCUT2D eigenvalue weighted by atomic mass is 9.83. The van der Waals surface area contributed by atoms with Crippen molar-refractivity contribution in [1.82, 2.24) is 19.6 Å². The number of carboxylic acid groups (broad SMARTS) is 1. The Bertz CT molecular complexity index is 1910. The number of imide groups is 1. The van der Waals surface area contributed by atoms with Crippen molar-refractivity contribution in [2.45, 2.75) is 188 Å². The molecule has 2 unspecified atom stereocenters. The minimum Gasteiger partial charge on any atom is -0.481 e. The largest absolute Gasteiger partial charge is 0.481 e. The molecule has 2 saturated heterocycles. The van der Waals surface area contributed by atoms with Crippen LogP contribution in [0.5, 0.6) is 0 Å². The summed E-state index contributed by atoms with van der Waals surface area (Å²) in [7, 11) is 6.39. The zero-order chi connectivity index (χ0) is 53.1. The Morgan fingerprint density at radius 2 is 1.50 bits per heavy atom. The van der Waals surface area contributed by atoms with Crippen LogP contribution in [-0.2, 0) is 54.3 Å². The van der Waals surface area contributed by atoms with Gasteiger partial charge in [0.15, 0.2) is 5.78 Å². The number of methoxy groups -OCH3 is 2. The second-order valence-corrected chi connectivity index (χ2v) is 22.1. The van der Waals surface area contributed by atoms with Gasteiger partial charge >= 0.3 is 5.97 Å². The van der Waals surface area contributed by atoms with Gasteiger partial charge in [-0.1, -0.05) is 112 Å². The summed E-state index contributed by atoms with van der Waals surface area (Å²) < 4.78 is 12.0. The standard InChI is InChI=1S/C55H88N4O11S.CH4/c1-13-15-29-71-46-34-49(64)59(54(46)66)27-21-17-20-26-47(62)56(9)50(36(5)6)44(61)32-41(35(3)4)53(65)57(10)51(37(7)14-2)45(69-11)33-48(63)58-28-22-25-42(58)52(70-12)38(8)43(60)31-40(55(67)68)30-39-23-18-16-19-24-39;/h16,18-19,23-24,35-38,40-42,45-46,50-52H,13-15,17,20-22,25-34H2,1-12H3,(H,67,68);1H4/t37-,38-,40+,41-,42-,45+,46?,50-,51?,52+;/m0./s1. The number of likely N-dealkylation sites (tertiary alicyclic amines) is 2. The van der Waals surface area contributed by atoms with Crippen LogP contribution in [0.1, 0.15) is 152 Å². The summed E-state index contributed by atoms with van der Waals surface area (Å²) in [5.41, 5.74) is 0.830. The monoisotopic (exact) mass is 1030 g/mol. The van der Waals surface area contributed by atoms with Gasteiger partial charge in [0.2, 0.25) is 29.5 Å². The second kappa shape index (κ2) is 31.6. The molecule has 2 heterocycles. The number of carbonyl (C=O) groups excluding carboxylic acids is 7. The van der Waals surface area contributed by atoms with E-state index in [2.05, 4.69) is 6.92 Å². The van der Waals surface area contributed by atoms with E-state index < -0.39 is 54.1 Å². The number of ether oxygens (including phenoxy) is 2. The van der Waals surface area contributed by atoms with Crippen molar-refractivity contribution < 1.29 is 52.9 Å². The summed E-state index contributed by atoms with van der Waals surface area (Å²) in [6.07, 6.45) is 4.80. The fraction of sp³-hybridized carbons (Fsp3) is 0.750. The van der Waals surface area contributed by atoms with E-state index >= 15 is 0 Å². The Hall–Kier alpha value is -4.15. The number of thioether (sulfide) groups is 1. The molecule has 0 aliphatic carbocycles. The van der Waals surface area contributed by atoms with Crippen LogP contribution in [0.2, 0.25) is 0 Å². The molecule has 1 aromatic rings. The van der Waals surface area contributed by atoms with Crippen LogP contribution in [0.4, 0.5) is 0 Å². The van der Waals surface area contributed by atoms with Crippen molar-refractivity contribution in [3.05, 3.63) is 35.9 Å². The predicted molar refractivity (Wildman–Crippen MR) is 284 cm³/mol. The normalized spacial score (nSPS) is 19.3. The molecule has 15 nitrogen and oxygen atoms in total. The average Bonchev–Trinajstić information content (AvgIpc) is 3.92. The maximum absolute atomic E-state index is 14.7. The number of benzene rings is 1. The second-order valence-electron chi connectivity index (χ2n) is 20.8. The van der Waals surface area contributed by atoms with E-state index in [1.54, 1.807) is 42.6 Å². The molecule has 2 aliphatic rings. The van der Waals surface area contributed by atoms with E-state index in [4.69, 9.17) is 9.47 Å². The Morgan fingerprint density at radius 1 is 0.833 bits per heavy atom. The van der Waals surface area contributed by atoms with E-state index in [9.17, 15) is 43.5 Å². The summed E-state index contributed by atoms with van der Waals surface area (Å²) in [6.45, 7) is 16.2. The molecular formula is C56H92N4O11S. The van der Waals surface area contributed by atoms with Gasteiger partial charge in [-0.15, -0.1) is 11.8 Å². The van der Waals surface area contributed by atoms with Crippen molar-refractivity contribution >= 4 is 58.8 Å². The third-order valence-corrected chi connectivity index (χ3v) is 16.4. The van der Waals surface area contributed by atoms with Gasteiger partial charge < -0.3 is 29.3 Å². The van der Waals surface area contributed by atoms with E-state index in [0.717, 1.165) is 24.2 Å². The molecular weight excluding hydrogens is 937 g/mol. The van der Waals surface area contributed by atoms with Crippen molar-refractivity contribution in [2.75, 3.05) is 47.2 Å². The van der Waals surface area contributed by atoms with Crippen LogP contribution in [0.3, 0.4) is 0 Å². The maximum atomic E-state index is 14.7. The highest BCUT2D eigenvalue weighted by molar-refractivity contribution is 8.00. The molecule has 72 heavy (non-hydrogen) atoms. The molecule has 2 fully saturated rings. The molecule has 16 heteroatoms. The van der Waals surface area contributed by atoms with Crippen molar-refractivity contribution in [2.24, 2.45) is 35.5 Å². The van der Waals surface area contributed by atoms with Crippen molar-refractivity contribution in [3.8, 4) is 0 Å². The number of carboxylic acids is 1. The number of unbranched alkanes of at least 4 members (excludes halogenated alkanes) is 3. The van der Waals surface area contributed by atoms with Crippen LogP contribution in [-0.4, -0.2) is 155 Å². The molecule has 0 radical (unpaired) electrons. The number of hydrogen-bond donors (Lipinski definition) is 1. The zero-order valence-corrected chi connectivity index (χ0v) is 45.9. The smallest absolute Gasteiger partial charge is 0.307 e. The number of hydrogen-bond acceptors (Lipinski definition) is 11. The lowest BCUT2D eigenvalue weighted by Gasteiger charge is -2.41. The van der Waals surface area contributed by atoms with Crippen molar-refractivity contribution in [3.63, 3.8) is 0 Å². The van der Waals surface area contributed by atoms with Gasteiger partial charge in [-0.2, -0.15) is 0 Å². The number of carbonyl (C=O) groups is 8. The van der Waals surface area contributed by atoms with E-state index in [1.165, 1.54) is 24.0 Å². The maximum Gasteiger partial charge on any atom is 0.307 e. The molecule has 408 valence electrons. The number of aliphatic carboxylic acids is 1. The Morgan fingerprint density at radius 3 is 2.07 bits per heavy atom. The first-order valence-electron chi connectivity index (χ1n) is 26.3. The van der Waals surface area contributed by atoms with E-state index in [1.807, 2.05) is 71.9 Å². The van der Waals surface area contributed by atoms with Gasteiger partial charge in [-0.3, -0.25) is 43.3 Å². The van der Waals surface area contributed by atoms with Gasteiger partial charge in [0.05, 0.1) is 47.9 Å². The summed E-state index contributed by atoms with van der Waals surface area (Å²) in [5.74, 6) is -4.38. The number of amides is 5. The molecule has 0 bridgehead atoms. The number of rotatable bonds is 33. The fourth-order valence-corrected chi connectivity index (χ4v) is 11.9. The predicted octanol–water partition coefficient (Wildman–Crippen LogP) is 8.38. The minimum atomic E-state index is -1.05. The first-order valence-corrected chi connectivity index (χ1v) is 27.3. The summed E-state index contributed by atoms with van der Waals surface area (Å²) in [5, 5.41) is 9.72. The topological polar surface area (TPSA) is 188 Å². The van der Waals surface area contributed by atoms with Gasteiger partial charge in [0.1, 0.15) is 5.78 Å². The highest BCUT2D eigenvalue weighted by atomic mass is 32.2. The summed E-state index contributed by atoms with van der Waals surface area (Å²) >= 11 is 1.55. The van der Waals surface area contributed by atoms with Gasteiger partial charge in [0, 0.05) is 78.9 Å². The minimum absolute atomic E-state index is 0. The number of Topliss-reactive ketones (excluding diaryl/α,β-unsaturated/α-hetero) is 2. The molecule has 10 atom stereocenters. The number of ketones is 2. The van der Waals surface area contributed by atoms with E-state index in [-0.39, 0.29) is 110 Å². The van der Waals surface area contributed by atoms with Crippen LogP contribution in [0.15, 0.2) is 30.3 Å². The number of likely N-dealkylation sites (N-methyl/N-ethyl adjacent to an activating group) is 2. The van der Waals surface area contributed by atoms with Crippen molar-refractivity contribution in [1.29, 1.82) is 0 Å². The SMILES string of the molecule is C.CCCCSC1CC(=O)N(CCCCCC(=O)N(C)[C@H](C(=O)C[C@H](C(=O)N(C)C([C@@H](C)CC)[C@@H](CC(=O)N2CCC[C@H]2[C@H](OC)[C@@H](C)C(=O)C[C@@H](Cc2ccccc2)C(=O)O)OC)C(C)C)C(C)C)C1=O. The molecule has 0 saturated carbocycles. The zero-order valence-electron chi connectivity index (χ0n) is 45.1. The van der Waals surface area contributed by atoms with Crippen LogP contribution >= 0.6 is 11.8 Å². The summed E-state index contributed by atoms with van der Waals surface area (Å²) in [6, 6.07) is 7.50. The molecule has 2 aliphatic heterocycles. The quantitative estimate of drug-likeness (QED) is 0.0524. The third-order valence-electron chi connectivity index (χ3n) is 15.1. The third kappa shape index (κ3) is 17.8. The molecule has 0 spiro atoms. The first-order chi connectivity index (χ1) is 33.6. The van der Waals surface area contributed by atoms with Crippen LogP contribution < -0.4 is 0 Å². The van der Waals surface area contributed by atoms with Gasteiger partial charge in [-0.25, -0.2) is 0 Å². The fourth-order valence-electron chi connectivity index (χ4n) is 10.6.